The molecule has 2 aliphatic rings. The highest BCUT2D eigenvalue weighted by atomic mass is 15.2. The second-order valence-corrected chi connectivity index (χ2v) is 5.57. The number of piperidine rings is 1. The Hall–Kier alpha value is -0.870. The maximum absolute atomic E-state index is 4.57. The van der Waals surface area contributed by atoms with E-state index >= 15 is 0 Å². The monoisotopic (exact) mass is 234 g/mol. The van der Waals surface area contributed by atoms with Crippen molar-refractivity contribution >= 4 is 0 Å². The third-order valence-corrected chi connectivity index (χ3v) is 4.23. The smallest absolute Gasteiger partial charge is 0.0954 e. The van der Waals surface area contributed by atoms with Crippen molar-refractivity contribution < 1.29 is 0 Å². The first-order valence-corrected chi connectivity index (χ1v) is 6.69. The number of nitrogens with one attached hydrogen (secondary N) is 1. The lowest BCUT2D eigenvalue weighted by Gasteiger charge is -2.36. The van der Waals surface area contributed by atoms with E-state index in [0.717, 1.165) is 25.4 Å². The van der Waals surface area contributed by atoms with Gasteiger partial charge in [-0.25, -0.2) is 4.98 Å². The summed E-state index contributed by atoms with van der Waals surface area (Å²) in [6.45, 7) is 6.83. The Bertz CT molecular complexity index is 398. The molecular formula is C13H22N4. The lowest BCUT2D eigenvalue weighted by Crippen LogP contribution is -2.38. The molecule has 0 amide bonds. The zero-order chi connectivity index (χ0) is 11.8. The number of fused-ring (bicyclic) bond motifs is 1. The Morgan fingerprint density at radius 3 is 3.18 bits per heavy atom. The van der Waals surface area contributed by atoms with Crippen molar-refractivity contribution in [3.63, 3.8) is 0 Å². The van der Waals surface area contributed by atoms with Crippen molar-refractivity contribution in [2.45, 2.75) is 32.4 Å². The fraction of sp³-hybridized carbons (Fsp3) is 0.769. The van der Waals surface area contributed by atoms with Gasteiger partial charge in [-0.3, -0.25) is 0 Å². The van der Waals surface area contributed by atoms with Gasteiger partial charge in [0.05, 0.1) is 12.0 Å². The summed E-state index contributed by atoms with van der Waals surface area (Å²) in [6.07, 6.45) is 4.46. The summed E-state index contributed by atoms with van der Waals surface area (Å²) < 4.78 is 2.47. The molecule has 3 heterocycles. The zero-order valence-electron chi connectivity index (χ0n) is 10.8. The van der Waals surface area contributed by atoms with Gasteiger partial charge in [0.15, 0.2) is 0 Å². The minimum absolute atomic E-state index is 0.653. The van der Waals surface area contributed by atoms with Crippen molar-refractivity contribution in [2.24, 2.45) is 5.92 Å². The zero-order valence-corrected chi connectivity index (χ0v) is 10.8. The summed E-state index contributed by atoms with van der Waals surface area (Å²) in [7, 11) is 2.22. The predicted octanol–water partition coefficient (Wildman–Crippen LogP) is 1.04. The summed E-state index contributed by atoms with van der Waals surface area (Å²) in [5, 5.41) is 3.39. The van der Waals surface area contributed by atoms with E-state index in [1.807, 2.05) is 0 Å². The van der Waals surface area contributed by atoms with Crippen LogP contribution in [0.1, 0.15) is 30.8 Å². The van der Waals surface area contributed by atoms with Crippen molar-refractivity contribution in [2.75, 3.05) is 26.7 Å². The van der Waals surface area contributed by atoms with Gasteiger partial charge < -0.3 is 14.8 Å². The molecule has 1 aromatic rings. The number of hydrogen-bond donors (Lipinski definition) is 1. The van der Waals surface area contributed by atoms with Gasteiger partial charge in [-0.05, 0) is 25.9 Å². The highest BCUT2D eigenvalue weighted by Gasteiger charge is 2.28. The molecule has 2 unspecified atom stereocenters. The summed E-state index contributed by atoms with van der Waals surface area (Å²) in [5.41, 5.74) is 2.74. The van der Waals surface area contributed by atoms with E-state index in [0.29, 0.717) is 6.04 Å². The number of aromatic nitrogens is 2. The Morgan fingerprint density at radius 2 is 2.35 bits per heavy atom. The fourth-order valence-corrected chi connectivity index (χ4v) is 3.30. The molecule has 1 aromatic heterocycles. The summed E-state index contributed by atoms with van der Waals surface area (Å²) >= 11 is 0. The summed E-state index contributed by atoms with van der Waals surface area (Å²) in [4.78, 5) is 7.01. The first-order chi connectivity index (χ1) is 8.25. The van der Waals surface area contributed by atoms with Crippen LogP contribution in [0.5, 0.6) is 0 Å². The molecule has 0 radical (unpaired) electrons. The van der Waals surface area contributed by atoms with E-state index < -0.39 is 0 Å². The van der Waals surface area contributed by atoms with E-state index in [4.69, 9.17) is 0 Å². The highest BCUT2D eigenvalue weighted by Crippen LogP contribution is 2.30. The third kappa shape index (κ3) is 2.00. The minimum Gasteiger partial charge on any atom is -0.331 e. The first-order valence-electron chi connectivity index (χ1n) is 6.69. The average Bonchev–Trinajstić information content (AvgIpc) is 2.73. The largest absolute Gasteiger partial charge is 0.331 e. The molecule has 94 valence electrons. The molecule has 0 bridgehead atoms. The van der Waals surface area contributed by atoms with Crippen LogP contribution in [-0.2, 0) is 13.0 Å². The summed E-state index contributed by atoms with van der Waals surface area (Å²) in [5.74, 6) is 0.724. The first kappa shape index (κ1) is 11.2. The molecule has 0 aromatic carbocycles. The van der Waals surface area contributed by atoms with E-state index in [9.17, 15) is 0 Å². The molecule has 0 saturated carbocycles. The number of likely N-dealkylation sites (tertiary alicyclic amines) is 1. The van der Waals surface area contributed by atoms with Crippen molar-refractivity contribution in [1.82, 2.24) is 19.8 Å². The lowest BCUT2D eigenvalue weighted by atomic mass is 9.93. The quantitative estimate of drug-likeness (QED) is 0.788. The van der Waals surface area contributed by atoms with Gasteiger partial charge in [0.1, 0.15) is 0 Å². The highest BCUT2D eigenvalue weighted by molar-refractivity contribution is 5.17. The molecule has 0 aliphatic carbocycles. The van der Waals surface area contributed by atoms with Crippen molar-refractivity contribution in [1.29, 1.82) is 0 Å². The summed E-state index contributed by atoms with van der Waals surface area (Å²) in [6, 6.07) is 0.653. The Morgan fingerprint density at radius 1 is 1.47 bits per heavy atom. The average molecular weight is 234 g/mol. The Kier molecular flexibility index (Phi) is 2.92. The van der Waals surface area contributed by atoms with Crippen LogP contribution >= 0.6 is 0 Å². The van der Waals surface area contributed by atoms with Crippen LogP contribution < -0.4 is 5.32 Å². The maximum atomic E-state index is 4.57. The minimum atomic E-state index is 0.653. The molecular weight excluding hydrogens is 212 g/mol. The lowest BCUT2D eigenvalue weighted by molar-refractivity contribution is 0.156. The Labute approximate surface area is 103 Å². The SMILES string of the molecule is CC1CN(C)CCC1n1cnc2c1CCNC2. The molecule has 3 rings (SSSR count). The van der Waals surface area contributed by atoms with E-state index in [-0.39, 0.29) is 0 Å². The molecule has 2 aliphatic heterocycles. The number of nitrogens with zero attached hydrogens (tertiary/aromatic N) is 3. The number of rotatable bonds is 1. The van der Waals surface area contributed by atoms with Crippen molar-refractivity contribution in [3.05, 3.63) is 17.7 Å². The third-order valence-electron chi connectivity index (χ3n) is 4.23. The second-order valence-electron chi connectivity index (χ2n) is 5.57. The van der Waals surface area contributed by atoms with E-state index in [1.165, 1.54) is 30.9 Å². The van der Waals surface area contributed by atoms with Gasteiger partial charge in [-0.15, -0.1) is 0 Å². The molecule has 1 saturated heterocycles. The topological polar surface area (TPSA) is 33.1 Å². The van der Waals surface area contributed by atoms with Gasteiger partial charge >= 0.3 is 0 Å². The van der Waals surface area contributed by atoms with Crippen LogP contribution in [0.15, 0.2) is 6.33 Å². The number of imidazole rings is 1. The fourth-order valence-electron chi connectivity index (χ4n) is 3.30. The van der Waals surface area contributed by atoms with Gasteiger partial charge in [-0.1, -0.05) is 6.92 Å². The van der Waals surface area contributed by atoms with Gasteiger partial charge in [-0.2, -0.15) is 0 Å². The van der Waals surface area contributed by atoms with E-state index in [1.54, 1.807) is 0 Å². The molecule has 0 spiro atoms. The predicted molar refractivity (Wildman–Crippen MR) is 68.0 cm³/mol. The van der Waals surface area contributed by atoms with Crippen LogP contribution in [0.4, 0.5) is 0 Å². The van der Waals surface area contributed by atoms with Crippen LogP contribution in [0.2, 0.25) is 0 Å². The molecule has 4 nitrogen and oxygen atoms in total. The second kappa shape index (κ2) is 4.42. The van der Waals surface area contributed by atoms with E-state index in [2.05, 4.69) is 40.1 Å². The van der Waals surface area contributed by atoms with Gasteiger partial charge in [0.2, 0.25) is 0 Å². The van der Waals surface area contributed by atoms with Crippen LogP contribution in [-0.4, -0.2) is 41.1 Å². The molecule has 2 atom stereocenters. The van der Waals surface area contributed by atoms with Gasteiger partial charge in [0.25, 0.3) is 0 Å². The molecule has 1 N–H and O–H groups in total. The van der Waals surface area contributed by atoms with Crippen LogP contribution in [0.3, 0.4) is 0 Å². The van der Waals surface area contributed by atoms with Crippen molar-refractivity contribution in [3.8, 4) is 0 Å². The van der Waals surface area contributed by atoms with Gasteiger partial charge in [0, 0.05) is 37.8 Å². The number of hydrogen-bond acceptors (Lipinski definition) is 3. The van der Waals surface area contributed by atoms with Crippen LogP contribution in [0.25, 0.3) is 0 Å². The molecule has 1 fully saturated rings. The molecule has 4 heteroatoms. The maximum Gasteiger partial charge on any atom is 0.0954 e. The normalized spacial score (nSPS) is 30.2. The molecule has 17 heavy (non-hydrogen) atoms. The Balaban J connectivity index is 1.86. The standard InChI is InChI=1S/C13H22N4/c1-10-8-16(2)6-4-12(10)17-9-15-11-7-14-5-3-13(11)17/h9-10,12,14H,3-8H2,1-2H3. The van der Waals surface area contributed by atoms with Crippen LogP contribution in [0, 0.1) is 5.92 Å².